The van der Waals surface area contributed by atoms with E-state index in [9.17, 15) is 4.79 Å². The average molecular weight is 358 g/mol. The van der Waals surface area contributed by atoms with Crippen molar-refractivity contribution in [3.05, 3.63) is 82.8 Å². The van der Waals surface area contributed by atoms with Gasteiger partial charge in [0.1, 0.15) is 0 Å². The van der Waals surface area contributed by atoms with Crippen molar-refractivity contribution in [2.24, 2.45) is 5.92 Å². The third kappa shape index (κ3) is 3.08. The Kier molecular flexibility index (Phi) is 4.09. The summed E-state index contributed by atoms with van der Waals surface area (Å²) in [5.74, 6) is 0.929. The number of pyridine rings is 3. The molecule has 1 saturated heterocycles. The summed E-state index contributed by atoms with van der Waals surface area (Å²) in [5.41, 5.74) is 4.05. The molecule has 5 rings (SSSR count). The second kappa shape index (κ2) is 6.74. The van der Waals surface area contributed by atoms with Gasteiger partial charge in [0, 0.05) is 67.5 Å². The number of fused-ring (bicyclic) bond motifs is 4. The van der Waals surface area contributed by atoms with Gasteiger partial charge in [0.15, 0.2) is 0 Å². The Hall–Kier alpha value is -2.79. The highest BCUT2D eigenvalue weighted by molar-refractivity contribution is 5.61. The molecule has 2 aliphatic heterocycles. The predicted molar refractivity (Wildman–Crippen MR) is 104 cm³/mol. The van der Waals surface area contributed by atoms with Crippen molar-refractivity contribution in [3.8, 4) is 11.1 Å². The van der Waals surface area contributed by atoms with Gasteiger partial charge in [-0.05, 0) is 42.7 Å². The molecule has 2 unspecified atom stereocenters. The maximum absolute atomic E-state index is 13.1. The zero-order valence-electron chi connectivity index (χ0n) is 15.2. The number of rotatable bonds is 3. The quantitative estimate of drug-likeness (QED) is 0.722. The van der Waals surface area contributed by atoms with E-state index in [1.807, 2.05) is 41.1 Å². The van der Waals surface area contributed by atoms with E-state index in [0.717, 1.165) is 43.0 Å². The second-order valence-corrected chi connectivity index (χ2v) is 7.64. The number of piperidine rings is 1. The van der Waals surface area contributed by atoms with E-state index in [0.29, 0.717) is 11.8 Å². The Morgan fingerprint density at radius 1 is 1.00 bits per heavy atom. The van der Waals surface area contributed by atoms with Crippen LogP contribution in [-0.2, 0) is 13.1 Å². The standard InChI is InChI=1S/C22H22N4O/c27-22-20(17-4-3-8-23-11-17)6-7-21-18-10-16(13-26(21)22)12-25(14-18)15-19-5-1-2-9-24-19/h1-9,11,16,18H,10,12-15H2. The minimum atomic E-state index is 0.119. The van der Waals surface area contributed by atoms with Crippen molar-refractivity contribution in [1.82, 2.24) is 19.4 Å². The molecule has 0 N–H and O–H groups in total. The first kappa shape index (κ1) is 16.4. The number of hydrogen-bond donors (Lipinski definition) is 0. The summed E-state index contributed by atoms with van der Waals surface area (Å²) in [6.45, 7) is 3.69. The summed E-state index contributed by atoms with van der Waals surface area (Å²) < 4.78 is 2.01. The van der Waals surface area contributed by atoms with E-state index in [1.165, 1.54) is 12.1 Å². The molecule has 0 amide bonds. The maximum Gasteiger partial charge on any atom is 0.258 e. The van der Waals surface area contributed by atoms with E-state index in [4.69, 9.17) is 0 Å². The highest BCUT2D eigenvalue weighted by Crippen LogP contribution is 2.36. The molecule has 3 aromatic heterocycles. The highest BCUT2D eigenvalue weighted by atomic mass is 16.1. The lowest BCUT2D eigenvalue weighted by Gasteiger charge is -2.42. The summed E-state index contributed by atoms with van der Waals surface area (Å²) in [4.78, 5) is 24.2. The van der Waals surface area contributed by atoms with Gasteiger partial charge in [-0.25, -0.2) is 0 Å². The van der Waals surface area contributed by atoms with Crippen molar-refractivity contribution in [2.75, 3.05) is 13.1 Å². The van der Waals surface area contributed by atoms with Crippen molar-refractivity contribution in [2.45, 2.75) is 25.4 Å². The third-order valence-electron chi connectivity index (χ3n) is 5.76. The molecule has 2 aliphatic rings. The minimum Gasteiger partial charge on any atom is -0.311 e. The van der Waals surface area contributed by atoms with E-state index >= 15 is 0 Å². The molecule has 5 heterocycles. The Labute approximate surface area is 158 Å². The van der Waals surface area contributed by atoms with Gasteiger partial charge in [0.05, 0.1) is 5.69 Å². The van der Waals surface area contributed by atoms with Crippen LogP contribution < -0.4 is 5.56 Å². The predicted octanol–water partition coefficient (Wildman–Crippen LogP) is 2.92. The fourth-order valence-corrected chi connectivity index (χ4v) is 4.64. The number of aromatic nitrogens is 3. The number of nitrogens with zero attached hydrogens (tertiary/aromatic N) is 4. The van der Waals surface area contributed by atoms with Crippen molar-refractivity contribution >= 4 is 0 Å². The molecule has 5 heteroatoms. The second-order valence-electron chi connectivity index (χ2n) is 7.64. The molecule has 27 heavy (non-hydrogen) atoms. The van der Waals surface area contributed by atoms with Crippen LogP contribution in [0, 0.1) is 5.92 Å². The number of likely N-dealkylation sites (tertiary alicyclic amines) is 1. The fraction of sp³-hybridized carbons (Fsp3) is 0.318. The van der Waals surface area contributed by atoms with Crippen LogP contribution in [0.5, 0.6) is 0 Å². The normalized spacial score (nSPS) is 21.6. The minimum absolute atomic E-state index is 0.119. The van der Waals surface area contributed by atoms with Gasteiger partial charge in [0.25, 0.3) is 5.56 Å². The van der Waals surface area contributed by atoms with Crippen LogP contribution in [-0.4, -0.2) is 32.5 Å². The van der Waals surface area contributed by atoms with Crippen LogP contribution in [0.4, 0.5) is 0 Å². The summed E-state index contributed by atoms with van der Waals surface area (Å²) in [7, 11) is 0. The van der Waals surface area contributed by atoms with E-state index in [2.05, 4.69) is 27.0 Å². The molecular weight excluding hydrogens is 336 g/mol. The van der Waals surface area contributed by atoms with Crippen LogP contribution in [0.15, 0.2) is 65.8 Å². The van der Waals surface area contributed by atoms with Gasteiger partial charge in [-0.15, -0.1) is 0 Å². The lowest BCUT2D eigenvalue weighted by atomic mass is 9.82. The van der Waals surface area contributed by atoms with Gasteiger partial charge in [0.2, 0.25) is 0 Å². The van der Waals surface area contributed by atoms with Gasteiger partial charge >= 0.3 is 0 Å². The summed E-state index contributed by atoms with van der Waals surface area (Å²) in [5, 5.41) is 0. The van der Waals surface area contributed by atoms with E-state index < -0.39 is 0 Å². The lowest BCUT2D eigenvalue weighted by molar-refractivity contribution is 0.113. The molecular formula is C22H22N4O. The van der Waals surface area contributed by atoms with Gasteiger partial charge in [-0.3, -0.25) is 19.7 Å². The zero-order chi connectivity index (χ0) is 18.2. The molecule has 0 aromatic carbocycles. The molecule has 2 atom stereocenters. The molecule has 2 bridgehead atoms. The van der Waals surface area contributed by atoms with Crippen molar-refractivity contribution in [3.63, 3.8) is 0 Å². The zero-order valence-corrected chi connectivity index (χ0v) is 15.2. The third-order valence-corrected chi connectivity index (χ3v) is 5.76. The summed E-state index contributed by atoms with van der Waals surface area (Å²) in [6.07, 6.45) is 6.53. The lowest BCUT2D eigenvalue weighted by Crippen LogP contribution is -2.47. The van der Waals surface area contributed by atoms with Gasteiger partial charge in [-0.2, -0.15) is 0 Å². The summed E-state index contributed by atoms with van der Waals surface area (Å²) >= 11 is 0. The average Bonchev–Trinajstić information content (AvgIpc) is 2.70. The van der Waals surface area contributed by atoms with Gasteiger partial charge in [-0.1, -0.05) is 12.1 Å². The van der Waals surface area contributed by atoms with Crippen LogP contribution in [0.1, 0.15) is 23.7 Å². The Bertz CT molecular complexity index is 1000. The van der Waals surface area contributed by atoms with E-state index in [-0.39, 0.29) is 5.56 Å². The molecule has 3 aromatic rings. The highest BCUT2D eigenvalue weighted by Gasteiger charge is 2.35. The smallest absolute Gasteiger partial charge is 0.258 e. The summed E-state index contributed by atoms with van der Waals surface area (Å²) in [6, 6.07) is 14.0. The van der Waals surface area contributed by atoms with Crippen molar-refractivity contribution in [1.29, 1.82) is 0 Å². The molecule has 0 radical (unpaired) electrons. The van der Waals surface area contributed by atoms with Crippen LogP contribution in [0.2, 0.25) is 0 Å². The Balaban J connectivity index is 1.44. The van der Waals surface area contributed by atoms with Crippen LogP contribution >= 0.6 is 0 Å². The molecule has 5 nitrogen and oxygen atoms in total. The molecule has 1 fully saturated rings. The first-order valence-electron chi connectivity index (χ1n) is 9.54. The monoisotopic (exact) mass is 358 g/mol. The SMILES string of the molecule is O=c1c(-c2cccnc2)ccc2n1CC1CC2CN(Cc2ccccn2)C1. The molecule has 0 spiro atoms. The molecule has 0 saturated carbocycles. The topological polar surface area (TPSA) is 51.0 Å². The Morgan fingerprint density at radius 3 is 2.78 bits per heavy atom. The van der Waals surface area contributed by atoms with Gasteiger partial charge < -0.3 is 4.57 Å². The van der Waals surface area contributed by atoms with E-state index in [1.54, 1.807) is 12.4 Å². The first-order chi connectivity index (χ1) is 13.3. The van der Waals surface area contributed by atoms with Crippen molar-refractivity contribution < 1.29 is 0 Å². The Morgan fingerprint density at radius 2 is 1.96 bits per heavy atom. The van der Waals surface area contributed by atoms with Crippen LogP contribution in [0.25, 0.3) is 11.1 Å². The van der Waals surface area contributed by atoms with Crippen LogP contribution in [0.3, 0.4) is 0 Å². The molecule has 136 valence electrons. The molecule has 0 aliphatic carbocycles. The largest absolute Gasteiger partial charge is 0.311 e. The fourth-order valence-electron chi connectivity index (χ4n) is 4.64. The maximum atomic E-state index is 13.1. The number of hydrogen-bond acceptors (Lipinski definition) is 4. The first-order valence-corrected chi connectivity index (χ1v) is 9.54.